The molecule has 4 heteroatoms. The molecule has 1 aliphatic rings. The van der Waals surface area contributed by atoms with Gasteiger partial charge in [0.05, 0.1) is 18.2 Å². The Hall–Kier alpha value is -1.71. The summed E-state index contributed by atoms with van der Waals surface area (Å²) in [5.74, 6) is 0.262. The number of phenols is 1. The monoisotopic (exact) mass is 192 g/mol. The lowest BCUT2D eigenvalue weighted by Gasteiger charge is -2.22. The van der Waals surface area contributed by atoms with E-state index in [1.54, 1.807) is 24.3 Å². The number of aromatic hydroxyl groups is 1. The number of benzene rings is 1. The summed E-state index contributed by atoms with van der Waals surface area (Å²) in [6.45, 7) is 1.98. The van der Waals surface area contributed by atoms with Gasteiger partial charge in [-0.2, -0.15) is 0 Å². The average Bonchev–Trinajstić information content (AvgIpc) is 2.47. The van der Waals surface area contributed by atoms with E-state index in [2.05, 4.69) is 5.43 Å². The summed E-state index contributed by atoms with van der Waals surface area (Å²) in [7, 11) is 0. The van der Waals surface area contributed by atoms with Crippen LogP contribution in [0.5, 0.6) is 5.75 Å². The van der Waals surface area contributed by atoms with Crippen LogP contribution in [0.15, 0.2) is 24.3 Å². The largest absolute Gasteiger partial charge is 0.508 e. The fraction of sp³-hybridized carbons (Fsp3) is 0.300. The number of phenolic OH excluding ortho intramolecular Hbond substituents is 1. The number of nitrogens with zero attached hydrogens (tertiary/aromatic N) is 1. The van der Waals surface area contributed by atoms with Crippen LogP contribution in [0.2, 0.25) is 0 Å². The Bertz CT molecular complexity index is 348. The molecule has 1 amide bonds. The zero-order chi connectivity index (χ0) is 10.1. The maximum atomic E-state index is 11.1. The predicted molar refractivity (Wildman–Crippen MR) is 52.8 cm³/mol. The molecule has 4 nitrogen and oxygen atoms in total. The second-order valence-electron chi connectivity index (χ2n) is 3.47. The van der Waals surface area contributed by atoms with E-state index in [4.69, 9.17) is 5.11 Å². The van der Waals surface area contributed by atoms with Gasteiger partial charge in [0, 0.05) is 0 Å². The highest BCUT2D eigenvalue weighted by Gasteiger charge is 2.26. The van der Waals surface area contributed by atoms with E-state index in [1.165, 1.54) is 0 Å². The summed E-state index contributed by atoms with van der Waals surface area (Å²) in [4.78, 5) is 11.1. The number of hydrogen-bond acceptors (Lipinski definition) is 3. The number of amides is 1. The number of anilines is 1. The minimum atomic E-state index is 0.0329. The van der Waals surface area contributed by atoms with Crippen molar-refractivity contribution in [3.8, 4) is 5.75 Å². The van der Waals surface area contributed by atoms with Crippen LogP contribution in [0.3, 0.4) is 0 Å². The van der Waals surface area contributed by atoms with Crippen molar-refractivity contribution in [2.24, 2.45) is 0 Å². The topological polar surface area (TPSA) is 52.6 Å². The fourth-order valence-electron chi connectivity index (χ4n) is 1.58. The molecule has 1 aromatic carbocycles. The SMILES string of the molecule is CC1CC(=O)NN1c1ccc(O)cc1. The van der Waals surface area contributed by atoms with Crippen molar-refractivity contribution in [2.45, 2.75) is 19.4 Å². The predicted octanol–water partition coefficient (Wildman–Crippen LogP) is 1.02. The maximum Gasteiger partial charge on any atom is 0.240 e. The van der Waals surface area contributed by atoms with Gasteiger partial charge in [0.15, 0.2) is 0 Å². The molecule has 1 aliphatic heterocycles. The Morgan fingerprint density at radius 2 is 2.07 bits per heavy atom. The van der Waals surface area contributed by atoms with Gasteiger partial charge in [-0.25, -0.2) is 0 Å². The van der Waals surface area contributed by atoms with Gasteiger partial charge >= 0.3 is 0 Å². The number of nitrogens with one attached hydrogen (secondary N) is 1. The van der Waals surface area contributed by atoms with E-state index < -0.39 is 0 Å². The molecule has 0 bridgehead atoms. The van der Waals surface area contributed by atoms with Crippen LogP contribution in [0.25, 0.3) is 0 Å². The molecule has 0 aliphatic carbocycles. The Labute approximate surface area is 82.1 Å². The van der Waals surface area contributed by atoms with E-state index in [1.807, 2.05) is 11.9 Å². The van der Waals surface area contributed by atoms with Crippen molar-refractivity contribution < 1.29 is 9.90 Å². The van der Waals surface area contributed by atoms with Gasteiger partial charge in [-0.05, 0) is 31.2 Å². The first-order chi connectivity index (χ1) is 6.66. The summed E-state index contributed by atoms with van der Waals surface area (Å²) < 4.78 is 0. The molecule has 1 unspecified atom stereocenters. The Balaban J connectivity index is 2.23. The Kier molecular flexibility index (Phi) is 2.04. The van der Waals surface area contributed by atoms with Crippen LogP contribution in [-0.2, 0) is 4.79 Å². The number of carbonyl (C=O) groups is 1. The molecule has 74 valence electrons. The van der Waals surface area contributed by atoms with Crippen LogP contribution in [-0.4, -0.2) is 17.1 Å². The zero-order valence-electron chi connectivity index (χ0n) is 7.90. The first-order valence-electron chi connectivity index (χ1n) is 4.54. The van der Waals surface area contributed by atoms with Gasteiger partial charge in [-0.1, -0.05) is 0 Å². The van der Waals surface area contributed by atoms with Gasteiger partial charge in [-0.3, -0.25) is 15.2 Å². The van der Waals surface area contributed by atoms with E-state index in [9.17, 15) is 4.79 Å². The normalized spacial score (nSPS) is 21.1. The van der Waals surface area contributed by atoms with E-state index in [0.717, 1.165) is 5.69 Å². The number of carbonyl (C=O) groups excluding carboxylic acids is 1. The lowest BCUT2D eigenvalue weighted by Crippen LogP contribution is -2.36. The fourth-order valence-corrected chi connectivity index (χ4v) is 1.58. The summed E-state index contributed by atoms with van der Waals surface area (Å²) >= 11 is 0. The molecule has 0 aromatic heterocycles. The van der Waals surface area contributed by atoms with Crippen molar-refractivity contribution in [1.82, 2.24) is 5.43 Å². The molecular formula is C10H12N2O2. The highest BCUT2D eigenvalue weighted by molar-refractivity contribution is 5.82. The van der Waals surface area contributed by atoms with Crippen molar-refractivity contribution in [3.63, 3.8) is 0 Å². The zero-order valence-corrected chi connectivity index (χ0v) is 7.90. The first kappa shape index (κ1) is 8.87. The highest BCUT2D eigenvalue weighted by Crippen LogP contribution is 2.22. The van der Waals surface area contributed by atoms with Crippen molar-refractivity contribution in [3.05, 3.63) is 24.3 Å². The molecule has 1 saturated heterocycles. The lowest BCUT2D eigenvalue weighted by molar-refractivity contribution is -0.119. The molecule has 2 N–H and O–H groups in total. The van der Waals surface area contributed by atoms with Gasteiger partial charge in [-0.15, -0.1) is 0 Å². The Morgan fingerprint density at radius 3 is 2.57 bits per heavy atom. The third-order valence-electron chi connectivity index (χ3n) is 2.29. The quantitative estimate of drug-likeness (QED) is 0.698. The molecule has 1 atom stereocenters. The second-order valence-corrected chi connectivity index (χ2v) is 3.47. The number of hydrazine groups is 1. The maximum absolute atomic E-state index is 11.1. The third kappa shape index (κ3) is 1.51. The number of hydrogen-bond donors (Lipinski definition) is 2. The minimum absolute atomic E-state index is 0.0329. The van der Waals surface area contributed by atoms with Crippen LogP contribution in [0, 0.1) is 0 Å². The lowest BCUT2D eigenvalue weighted by atomic mass is 10.2. The van der Waals surface area contributed by atoms with E-state index in [0.29, 0.717) is 6.42 Å². The van der Waals surface area contributed by atoms with Gasteiger partial charge in [0.1, 0.15) is 5.75 Å². The molecule has 0 spiro atoms. The molecule has 14 heavy (non-hydrogen) atoms. The summed E-state index contributed by atoms with van der Waals surface area (Å²) in [6, 6.07) is 6.92. The van der Waals surface area contributed by atoms with E-state index >= 15 is 0 Å². The molecule has 0 radical (unpaired) electrons. The van der Waals surface area contributed by atoms with Gasteiger partial charge in [0.25, 0.3) is 0 Å². The molecule has 1 aromatic rings. The van der Waals surface area contributed by atoms with Crippen molar-refractivity contribution >= 4 is 11.6 Å². The summed E-state index contributed by atoms with van der Waals surface area (Å²) in [5, 5.41) is 10.9. The molecule has 0 saturated carbocycles. The van der Waals surface area contributed by atoms with Crippen LogP contribution in [0.1, 0.15) is 13.3 Å². The van der Waals surface area contributed by atoms with Crippen molar-refractivity contribution in [2.75, 3.05) is 5.01 Å². The average molecular weight is 192 g/mol. The second kappa shape index (κ2) is 3.21. The number of rotatable bonds is 1. The van der Waals surface area contributed by atoms with Crippen LogP contribution < -0.4 is 10.4 Å². The minimum Gasteiger partial charge on any atom is -0.508 e. The van der Waals surface area contributed by atoms with Crippen LogP contribution in [0.4, 0.5) is 5.69 Å². The molecule has 1 heterocycles. The summed E-state index contributed by atoms with van der Waals surface area (Å²) in [5.41, 5.74) is 3.64. The molecular weight excluding hydrogens is 180 g/mol. The molecule has 1 fully saturated rings. The van der Waals surface area contributed by atoms with Crippen molar-refractivity contribution in [1.29, 1.82) is 0 Å². The van der Waals surface area contributed by atoms with E-state index in [-0.39, 0.29) is 17.7 Å². The summed E-state index contributed by atoms with van der Waals surface area (Å²) in [6.07, 6.45) is 0.515. The Morgan fingerprint density at radius 1 is 1.43 bits per heavy atom. The van der Waals surface area contributed by atoms with Gasteiger partial charge in [0.2, 0.25) is 5.91 Å². The third-order valence-corrected chi connectivity index (χ3v) is 2.29. The smallest absolute Gasteiger partial charge is 0.240 e. The highest BCUT2D eigenvalue weighted by atomic mass is 16.3. The standard InChI is InChI=1S/C10H12N2O2/c1-7-6-10(14)11-12(7)8-2-4-9(13)5-3-8/h2-5,7,13H,6H2,1H3,(H,11,14). The molecule has 2 rings (SSSR count). The van der Waals surface area contributed by atoms with Gasteiger partial charge < -0.3 is 5.11 Å². The first-order valence-corrected chi connectivity index (χ1v) is 4.54. The van der Waals surface area contributed by atoms with Crippen LogP contribution >= 0.6 is 0 Å².